The average molecular weight is 302 g/mol. The lowest BCUT2D eigenvalue weighted by Crippen LogP contribution is -2.40. The van der Waals surface area contributed by atoms with Crippen LogP contribution in [0.4, 0.5) is 18.9 Å². The molecule has 1 heterocycles. The predicted molar refractivity (Wildman–Crippen MR) is 71.9 cm³/mol. The van der Waals surface area contributed by atoms with Gasteiger partial charge >= 0.3 is 6.36 Å². The molecule has 0 bridgehead atoms. The van der Waals surface area contributed by atoms with E-state index in [0.29, 0.717) is 12.8 Å². The van der Waals surface area contributed by atoms with Gasteiger partial charge in [0.25, 0.3) is 0 Å². The van der Waals surface area contributed by atoms with Gasteiger partial charge in [0.15, 0.2) is 5.75 Å². The zero-order valence-electron chi connectivity index (χ0n) is 11.5. The van der Waals surface area contributed by atoms with Crippen molar-refractivity contribution in [3.8, 4) is 5.75 Å². The van der Waals surface area contributed by atoms with E-state index in [1.54, 1.807) is 6.07 Å². The van der Waals surface area contributed by atoms with Crippen molar-refractivity contribution in [2.24, 2.45) is 5.92 Å². The Bertz CT molecular complexity index is 505. The van der Waals surface area contributed by atoms with Crippen LogP contribution in [0, 0.1) is 5.92 Å². The van der Waals surface area contributed by atoms with Crippen molar-refractivity contribution in [2.75, 3.05) is 11.9 Å². The fraction of sp³-hybridized carbons (Fsp3) is 0.500. The Balaban J connectivity index is 2.07. The van der Waals surface area contributed by atoms with Crippen molar-refractivity contribution >= 4 is 11.6 Å². The van der Waals surface area contributed by atoms with E-state index >= 15 is 0 Å². The van der Waals surface area contributed by atoms with Gasteiger partial charge in [0.1, 0.15) is 0 Å². The topological polar surface area (TPSA) is 50.4 Å². The molecular weight excluding hydrogens is 285 g/mol. The number of rotatable bonds is 3. The number of hydrogen-bond donors (Lipinski definition) is 2. The van der Waals surface area contributed by atoms with Gasteiger partial charge in [-0.25, -0.2) is 0 Å². The van der Waals surface area contributed by atoms with Crippen molar-refractivity contribution in [3.05, 3.63) is 24.3 Å². The predicted octanol–water partition coefficient (Wildman–Crippen LogP) is 2.91. The molecule has 1 aromatic rings. The minimum atomic E-state index is -4.79. The Labute approximate surface area is 120 Å². The van der Waals surface area contributed by atoms with E-state index in [2.05, 4.69) is 15.4 Å². The first-order valence-electron chi connectivity index (χ1n) is 6.74. The summed E-state index contributed by atoms with van der Waals surface area (Å²) in [6.45, 7) is 2.69. The molecule has 0 radical (unpaired) electrons. The lowest BCUT2D eigenvalue weighted by atomic mass is 9.92. The van der Waals surface area contributed by atoms with E-state index in [1.165, 1.54) is 18.2 Å². The first-order valence-corrected chi connectivity index (χ1v) is 6.74. The molecule has 0 aromatic heterocycles. The van der Waals surface area contributed by atoms with Crippen LogP contribution in [0.2, 0.25) is 0 Å². The molecule has 1 fully saturated rings. The van der Waals surface area contributed by atoms with Gasteiger partial charge in [-0.15, -0.1) is 13.2 Å². The molecule has 2 atom stereocenters. The van der Waals surface area contributed by atoms with Crippen LogP contribution in [0.1, 0.15) is 19.8 Å². The molecule has 7 heteroatoms. The van der Waals surface area contributed by atoms with E-state index in [1.807, 2.05) is 6.92 Å². The number of halogens is 3. The highest BCUT2D eigenvalue weighted by atomic mass is 19.4. The second-order valence-electron chi connectivity index (χ2n) is 5.11. The number of piperidine rings is 1. The quantitative estimate of drug-likeness (QED) is 0.902. The first kappa shape index (κ1) is 15.6. The molecule has 2 unspecified atom stereocenters. The zero-order chi connectivity index (χ0) is 15.5. The van der Waals surface area contributed by atoms with E-state index in [4.69, 9.17) is 0 Å². The summed E-state index contributed by atoms with van der Waals surface area (Å²) in [6.07, 6.45) is -3.46. The van der Waals surface area contributed by atoms with Crippen molar-refractivity contribution in [1.82, 2.24) is 5.32 Å². The highest BCUT2D eigenvalue weighted by Gasteiger charge is 2.32. The summed E-state index contributed by atoms with van der Waals surface area (Å²) in [5.74, 6) is -0.887. The molecular formula is C14H17F3N2O2. The van der Waals surface area contributed by atoms with Crippen LogP contribution in [-0.2, 0) is 4.79 Å². The minimum absolute atomic E-state index is 0.0333. The highest BCUT2D eigenvalue weighted by molar-refractivity contribution is 5.94. The molecule has 116 valence electrons. The highest BCUT2D eigenvalue weighted by Crippen LogP contribution is 2.30. The van der Waals surface area contributed by atoms with Gasteiger partial charge in [0, 0.05) is 12.0 Å². The fourth-order valence-corrected chi connectivity index (χ4v) is 2.39. The summed E-state index contributed by atoms with van der Waals surface area (Å²) >= 11 is 0. The number of carbonyl (C=O) groups excluding carboxylic acids is 1. The van der Waals surface area contributed by atoms with Crippen LogP contribution in [0.3, 0.4) is 0 Å². The van der Waals surface area contributed by atoms with Gasteiger partial charge in [-0.05, 0) is 38.4 Å². The molecule has 21 heavy (non-hydrogen) atoms. The first-order chi connectivity index (χ1) is 9.85. The monoisotopic (exact) mass is 302 g/mol. The largest absolute Gasteiger partial charge is 0.573 e. The van der Waals surface area contributed by atoms with Gasteiger partial charge in [0.2, 0.25) is 5.91 Å². The lowest BCUT2D eigenvalue weighted by Gasteiger charge is -2.27. The van der Waals surface area contributed by atoms with Crippen LogP contribution in [0.5, 0.6) is 5.75 Å². The molecule has 1 saturated heterocycles. The van der Waals surface area contributed by atoms with Gasteiger partial charge in [-0.2, -0.15) is 0 Å². The van der Waals surface area contributed by atoms with E-state index in [9.17, 15) is 18.0 Å². The van der Waals surface area contributed by atoms with Gasteiger partial charge < -0.3 is 15.4 Å². The third kappa shape index (κ3) is 4.63. The number of amides is 1. The number of alkyl halides is 3. The van der Waals surface area contributed by atoms with Crippen molar-refractivity contribution in [3.63, 3.8) is 0 Å². The average Bonchev–Trinajstić information content (AvgIpc) is 2.39. The van der Waals surface area contributed by atoms with E-state index < -0.39 is 12.1 Å². The second-order valence-corrected chi connectivity index (χ2v) is 5.11. The van der Waals surface area contributed by atoms with E-state index in [0.717, 1.165) is 6.54 Å². The summed E-state index contributed by atoms with van der Waals surface area (Å²) in [5, 5.41) is 5.75. The summed E-state index contributed by atoms with van der Waals surface area (Å²) in [5.41, 5.74) is 0.0333. The Kier molecular flexibility index (Phi) is 4.72. The van der Waals surface area contributed by atoms with E-state index in [-0.39, 0.29) is 23.6 Å². The molecule has 1 aliphatic heterocycles. The van der Waals surface area contributed by atoms with Crippen molar-refractivity contribution < 1.29 is 22.7 Å². The number of anilines is 1. The summed E-state index contributed by atoms with van der Waals surface area (Å²) in [7, 11) is 0. The van der Waals surface area contributed by atoms with Crippen molar-refractivity contribution in [1.29, 1.82) is 0 Å². The number of carbonyl (C=O) groups is 1. The van der Waals surface area contributed by atoms with Crippen LogP contribution >= 0.6 is 0 Å². The number of hydrogen-bond acceptors (Lipinski definition) is 3. The van der Waals surface area contributed by atoms with Gasteiger partial charge in [-0.1, -0.05) is 12.1 Å². The molecule has 0 spiro atoms. The van der Waals surface area contributed by atoms with Crippen molar-refractivity contribution in [2.45, 2.75) is 32.2 Å². The standard InChI is InChI=1S/C14H17F3N2O2/c1-9-8-10(6-7-18-9)13(20)19-11-4-2-3-5-12(11)21-14(15,16)17/h2-5,9-10,18H,6-8H2,1H3,(H,19,20). The molecule has 1 aliphatic rings. The third-order valence-corrected chi connectivity index (χ3v) is 3.37. The SMILES string of the molecule is CC1CC(C(=O)Nc2ccccc2OC(F)(F)F)CCN1. The summed E-state index contributed by atoms with van der Waals surface area (Å²) in [6, 6.07) is 5.75. The van der Waals surface area contributed by atoms with Crippen LogP contribution in [0.25, 0.3) is 0 Å². The number of ether oxygens (including phenoxy) is 1. The smallest absolute Gasteiger partial charge is 0.404 e. The fourth-order valence-electron chi connectivity index (χ4n) is 2.39. The molecule has 2 N–H and O–H groups in total. The molecule has 0 aliphatic carbocycles. The Morgan fingerprint density at radius 3 is 2.76 bits per heavy atom. The maximum atomic E-state index is 12.3. The number of para-hydroxylation sites is 2. The second kappa shape index (κ2) is 6.34. The van der Waals surface area contributed by atoms with Crippen LogP contribution < -0.4 is 15.4 Å². The molecule has 1 aromatic carbocycles. The van der Waals surface area contributed by atoms with Crippen LogP contribution in [-0.4, -0.2) is 24.9 Å². The Morgan fingerprint density at radius 1 is 1.38 bits per heavy atom. The molecule has 1 amide bonds. The van der Waals surface area contributed by atoms with Crippen LogP contribution in [0.15, 0.2) is 24.3 Å². The number of benzene rings is 1. The Morgan fingerprint density at radius 2 is 2.10 bits per heavy atom. The maximum Gasteiger partial charge on any atom is 0.573 e. The summed E-state index contributed by atoms with van der Waals surface area (Å²) in [4.78, 5) is 12.2. The number of nitrogens with one attached hydrogen (secondary N) is 2. The van der Waals surface area contributed by atoms with Gasteiger partial charge in [0.05, 0.1) is 5.69 Å². The molecule has 0 saturated carbocycles. The zero-order valence-corrected chi connectivity index (χ0v) is 11.5. The van der Waals surface area contributed by atoms with Gasteiger partial charge in [-0.3, -0.25) is 4.79 Å². The minimum Gasteiger partial charge on any atom is -0.404 e. The molecule has 2 rings (SSSR count). The molecule has 4 nitrogen and oxygen atoms in total. The maximum absolute atomic E-state index is 12.3. The lowest BCUT2D eigenvalue weighted by molar-refractivity contribution is -0.274. The summed E-state index contributed by atoms with van der Waals surface area (Å²) < 4.78 is 40.9. The Hall–Kier alpha value is -1.76. The normalized spacial score (nSPS) is 22.7. The third-order valence-electron chi connectivity index (χ3n) is 3.37.